The molecule has 94 valence electrons. The number of hydrogen-bond donors (Lipinski definition) is 1. The van der Waals surface area contributed by atoms with E-state index >= 15 is 0 Å². The van der Waals surface area contributed by atoms with Gasteiger partial charge in [-0.15, -0.1) is 0 Å². The molecule has 5 heteroatoms. The number of primary amides is 1. The fourth-order valence-corrected chi connectivity index (χ4v) is 1.94. The van der Waals surface area contributed by atoms with Crippen LogP contribution in [0.25, 0.3) is 11.9 Å². The predicted molar refractivity (Wildman–Crippen MR) is 68.3 cm³/mol. The van der Waals surface area contributed by atoms with Gasteiger partial charge in [-0.1, -0.05) is 5.16 Å². The van der Waals surface area contributed by atoms with Crippen LogP contribution in [0.3, 0.4) is 0 Å². The number of nitrogens with zero attached hydrogens (tertiary/aromatic N) is 2. The van der Waals surface area contributed by atoms with Crippen LogP contribution in [0.1, 0.15) is 22.7 Å². The summed E-state index contributed by atoms with van der Waals surface area (Å²) in [6.07, 6.45) is 3.05. The van der Waals surface area contributed by atoms with E-state index in [1.807, 2.05) is 37.5 Å². The Labute approximate surface area is 105 Å². The highest BCUT2D eigenvalue weighted by Gasteiger charge is 2.11. The lowest BCUT2D eigenvalue weighted by Gasteiger charge is -2.03. The summed E-state index contributed by atoms with van der Waals surface area (Å²) in [7, 11) is 0. The summed E-state index contributed by atoms with van der Waals surface area (Å²) >= 11 is 0. The first-order valence-electron chi connectivity index (χ1n) is 5.59. The van der Waals surface area contributed by atoms with Gasteiger partial charge in [-0.05, 0) is 38.5 Å². The number of nitrogens with two attached hydrogens (primary N) is 1. The third-order valence-corrected chi connectivity index (χ3v) is 2.74. The molecule has 0 aliphatic heterocycles. The highest BCUT2D eigenvalue weighted by Crippen LogP contribution is 2.21. The van der Waals surface area contributed by atoms with Gasteiger partial charge in [0.2, 0.25) is 5.91 Å². The zero-order chi connectivity index (χ0) is 13.3. The van der Waals surface area contributed by atoms with Crippen molar-refractivity contribution in [3.63, 3.8) is 0 Å². The molecule has 0 fully saturated rings. The van der Waals surface area contributed by atoms with Crippen LogP contribution >= 0.6 is 0 Å². The molecule has 0 saturated carbocycles. The second kappa shape index (κ2) is 4.52. The molecule has 2 aromatic rings. The number of aryl methyl sites for hydroxylation is 2. The Bertz CT molecular complexity index is 620. The molecule has 0 radical (unpaired) electrons. The first-order chi connectivity index (χ1) is 8.49. The summed E-state index contributed by atoms with van der Waals surface area (Å²) in [5, 5.41) is 3.99. The van der Waals surface area contributed by atoms with Crippen LogP contribution in [0, 0.1) is 20.8 Å². The summed E-state index contributed by atoms with van der Waals surface area (Å²) in [5.41, 5.74) is 8.03. The van der Waals surface area contributed by atoms with Crippen molar-refractivity contribution in [2.75, 3.05) is 0 Å². The molecule has 2 rings (SSSR count). The third-order valence-electron chi connectivity index (χ3n) is 2.74. The van der Waals surface area contributed by atoms with E-state index in [9.17, 15) is 4.79 Å². The summed E-state index contributed by atoms with van der Waals surface area (Å²) in [6, 6.07) is 3.83. The van der Waals surface area contributed by atoms with Gasteiger partial charge in [0, 0.05) is 23.5 Å². The van der Waals surface area contributed by atoms with Crippen LogP contribution in [-0.2, 0) is 4.79 Å². The molecule has 0 atom stereocenters. The zero-order valence-corrected chi connectivity index (χ0v) is 10.6. The highest BCUT2D eigenvalue weighted by atomic mass is 16.5. The molecule has 0 spiro atoms. The number of carbonyl (C=O) groups is 1. The van der Waals surface area contributed by atoms with Crippen molar-refractivity contribution >= 4 is 12.0 Å². The predicted octanol–water partition coefficient (Wildman–Crippen LogP) is 1.89. The molecule has 0 saturated heterocycles. The monoisotopic (exact) mass is 245 g/mol. The molecule has 0 aromatic carbocycles. The van der Waals surface area contributed by atoms with Crippen molar-refractivity contribution in [1.82, 2.24) is 9.72 Å². The standard InChI is InChI=1S/C13H15N3O2/c1-8-6-11(4-5-12(14)17)10(3)16(8)13-7-9(2)18-15-13/h4-7H,1-3H3,(H2,14,17)/b5-4+. The summed E-state index contributed by atoms with van der Waals surface area (Å²) in [5.74, 6) is 1.03. The maximum Gasteiger partial charge on any atom is 0.241 e. The van der Waals surface area contributed by atoms with Crippen molar-refractivity contribution in [3.8, 4) is 5.82 Å². The van der Waals surface area contributed by atoms with Crippen LogP contribution in [0.15, 0.2) is 22.7 Å². The number of rotatable bonds is 3. The fraction of sp³-hybridized carbons (Fsp3) is 0.231. The summed E-state index contributed by atoms with van der Waals surface area (Å²) in [4.78, 5) is 10.8. The maximum absolute atomic E-state index is 10.8. The molecule has 0 unspecified atom stereocenters. The summed E-state index contributed by atoms with van der Waals surface area (Å²) < 4.78 is 7.04. The van der Waals surface area contributed by atoms with Crippen LogP contribution in [0.2, 0.25) is 0 Å². The lowest BCUT2D eigenvalue weighted by molar-refractivity contribution is -0.113. The van der Waals surface area contributed by atoms with Gasteiger partial charge in [-0.3, -0.25) is 9.36 Å². The van der Waals surface area contributed by atoms with Gasteiger partial charge in [0.05, 0.1) is 0 Å². The van der Waals surface area contributed by atoms with Crippen LogP contribution in [0.5, 0.6) is 0 Å². The molecule has 2 heterocycles. The maximum atomic E-state index is 10.8. The van der Waals surface area contributed by atoms with Crippen molar-refractivity contribution in [3.05, 3.63) is 40.9 Å². The summed E-state index contributed by atoms with van der Waals surface area (Å²) in [6.45, 7) is 5.77. The first-order valence-corrected chi connectivity index (χ1v) is 5.59. The molecule has 1 amide bonds. The largest absolute Gasteiger partial charge is 0.366 e. The molecule has 18 heavy (non-hydrogen) atoms. The Morgan fingerprint density at radius 1 is 1.39 bits per heavy atom. The smallest absolute Gasteiger partial charge is 0.241 e. The molecular formula is C13H15N3O2. The van der Waals surface area contributed by atoms with Crippen molar-refractivity contribution in [2.45, 2.75) is 20.8 Å². The Morgan fingerprint density at radius 3 is 2.67 bits per heavy atom. The van der Waals surface area contributed by atoms with E-state index in [1.165, 1.54) is 6.08 Å². The Morgan fingerprint density at radius 2 is 2.11 bits per heavy atom. The second-order valence-corrected chi connectivity index (χ2v) is 4.19. The minimum absolute atomic E-state index is 0.461. The molecule has 5 nitrogen and oxygen atoms in total. The van der Waals surface area contributed by atoms with E-state index < -0.39 is 5.91 Å². The molecule has 0 bridgehead atoms. The van der Waals surface area contributed by atoms with E-state index in [0.29, 0.717) is 0 Å². The quantitative estimate of drug-likeness (QED) is 0.839. The highest BCUT2D eigenvalue weighted by molar-refractivity contribution is 5.90. The zero-order valence-electron chi connectivity index (χ0n) is 10.6. The van der Waals surface area contributed by atoms with E-state index in [4.69, 9.17) is 10.3 Å². The van der Waals surface area contributed by atoms with Gasteiger partial charge in [-0.25, -0.2) is 0 Å². The lowest BCUT2D eigenvalue weighted by atomic mass is 10.2. The average Bonchev–Trinajstić information content (AvgIpc) is 2.81. The van der Waals surface area contributed by atoms with E-state index in [1.54, 1.807) is 6.08 Å². The first kappa shape index (κ1) is 12.2. The molecule has 0 aliphatic rings. The Kier molecular flexibility index (Phi) is 3.06. The van der Waals surface area contributed by atoms with Crippen LogP contribution < -0.4 is 5.73 Å². The van der Waals surface area contributed by atoms with Crippen molar-refractivity contribution < 1.29 is 9.32 Å². The lowest BCUT2D eigenvalue weighted by Crippen LogP contribution is -2.05. The van der Waals surface area contributed by atoms with Crippen molar-refractivity contribution in [1.29, 1.82) is 0 Å². The topological polar surface area (TPSA) is 74.0 Å². The van der Waals surface area contributed by atoms with E-state index in [-0.39, 0.29) is 0 Å². The van der Waals surface area contributed by atoms with Crippen molar-refractivity contribution in [2.24, 2.45) is 5.73 Å². The third kappa shape index (κ3) is 2.20. The van der Waals surface area contributed by atoms with E-state index in [0.717, 1.165) is 28.5 Å². The van der Waals surface area contributed by atoms with Crippen LogP contribution in [-0.4, -0.2) is 15.6 Å². The van der Waals surface area contributed by atoms with Gasteiger partial charge in [0.25, 0.3) is 0 Å². The van der Waals surface area contributed by atoms with Gasteiger partial charge in [-0.2, -0.15) is 0 Å². The average molecular weight is 245 g/mol. The molecule has 0 aliphatic carbocycles. The van der Waals surface area contributed by atoms with Gasteiger partial charge in [0.15, 0.2) is 5.82 Å². The fourth-order valence-electron chi connectivity index (χ4n) is 1.94. The Balaban J connectivity index is 2.47. The minimum Gasteiger partial charge on any atom is -0.366 e. The second-order valence-electron chi connectivity index (χ2n) is 4.19. The van der Waals surface area contributed by atoms with Gasteiger partial charge >= 0.3 is 0 Å². The van der Waals surface area contributed by atoms with Gasteiger partial charge < -0.3 is 10.3 Å². The van der Waals surface area contributed by atoms with Gasteiger partial charge in [0.1, 0.15) is 5.76 Å². The number of carbonyl (C=O) groups excluding carboxylic acids is 1. The SMILES string of the molecule is Cc1cc(-n2c(C)cc(/C=C/C(N)=O)c2C)no1. The minimum atomic E-state index is -0.461. The molecular weight excluding hydrogens is 230 g/mol. The number of amides is 1. The molecule has 2 aromatic heterocycles. The number of aromatic nitrogens is 2. The Hall–Kier alpha value is -2.30. The normalized spacial score (nSPS) is 11.3. The molecule has 2 N–H and O–H groups in total. The number of hydrogen-bond acceptors (Lipinski definition) is 3. The van der Waals surface area contributed by atoms with Crippen LogP contribution in [0.4, 0.5) is 0 Å². The van der Waals surface area contributed by atoms with E-state index in [2.05, 4.69) is 5.16 Å².